The molecule has 112 valence electrons. The molecule has 1 aromatic rings. The van der Waals surface area contributed by atoms with Gasteiger partial charge >= 0.3 is 5.97 Å². The minimum Gasteiger partial charge on any atom is -0.467 e. The Balaban J connectivity index is 2.93. The number of nitrogen functional groups attached to an aromatic ring is 1. The predicted molar refractivity (Wildman–Crippen MR) is 75.1 cm³/mol. The average molecular weight is 282 g/mol. The maximum Gasteiger partial charge on any atom is 0.328 e. The SMILES string of the molecule is COC(=O)C(CC(C)C)NC(=O)c1c(N)c(C)nn1C. The molecule has 7 heteroatoms. The molecule has 7 nitrogen and oxygen atoms in total. The molecule has 1 unspecified atom stereocenters. The monoisotopic (exact) mass is 282 g/mol. The van der Waals surface area contributed by atoms with E-state index in [1.165, 1.54) is 11.8 Å². The van der Waals surface area contributed by atoms with E-state index < -0.39 is 17.9 Å². The van der Waals surface area contributed by atoms with E-state index in [4.69, 9.17) is 10.5 Å². The van der Waals surface area contributed by atoms with Gasteiger partial charge in [0.2, 0.25) is 0 Å². The van der Waals surface area contributed by atoms with Crippen molar-refractivity contribution >= 4 is 17.6 Å². The third kappa shape index (κ3) is 3.49. The molecule has 20 heavy (non-hydrogen) atoms. The highest BCUT2D eigenvalue weighted by Crippen LogP contribution is 2.16. The van der Waals surface area contributed by atoms with Crippen molar-refractivity contribution in [1.82, 2.24) is 15.1 Å². The van der Waals surface area contributed by atoms with Gasteiger partial charge in [-0.25, -0.2) is 4.79 Å². The molecule has 1 atom stereocenters. The Hall–Kier alpha value is -2.05. The normalized spacial score (nSPS) is 12.3. The van der Waals surface area contributed by atoms with Crippen LogP contribution in [0.5, 0.6) is 0 Å². The van der Waals surface area contributed by atoms with Crippen molar-refractivity contribution in [2.45, 2.75) is 33.2 Å². The van der Waals surface area contributed by atoms with Crippen LogP contribution in [0.3, 0.4) is 0 Å². The maximum absolute atomic E-state index is 12.3. The number of carbonyl (C=O) groups excluding carboxylic acids is 2. The van der Waals surface area contributed by atoms with Crippen LogP contribution in [-0.4, -0.2) is 34.8 Å². The molecule has 0 bridgehead atoms. The van der Waals surface area contributed by atoms with Gasteiger partial charge in [0.25, 0.3) is 5.91 Å². The van der Waals surface area contributed by atoms with Crippen LogP contribution in [0.2, 0.25) is 0 Å². The minimum atomic E-state index is -0.692. The van der Waals surface area contributed by atoms with Crippen molar-refractivity contribution in [3.63, 3.8) is 0 Å². The van der Waals surface area contributed by atoms with Gasteiger partial charge in [-0.05, 0) is 19.3 Å². The molecule has 0 spiro atoms. The summed E-state index contributed by atoms with van der Waals surface area (Å²) in [5.41, 5.74) is 6.98. The second-order valence-electron chi connectivity index (χ2n) is 5.15. The van der Waals surface area contributed by atoms with E-state index in [9.17, 15) is 9.59 Å². The van der Waals surface area contributed by atoms with E-state index >= 15 is 0 Å². The van der Waals surface area contributed by atoms with Crippen LogP contribution < -0.4 is 11.1 Å². The van der Waals surface area contributed by atoms with Crippen molar-refractivity contribution in [1.29, 1.82) is 0 Å². The minimum absolute atomic E-state index is 0.241. The third-order valence-electron chi connectivity index (χ3n) is 2.98. The predicted octanol–water partition coefficient (Wildman–Crippen LogP) is 0.628. The van der Waals surface area contributed by atoms with Crippen LogP contribution in [0, 0.1) is 12.8 Å². The quantitative estimate of drug-likeness (QED) is 0.772. The highest BCUT2D eigenvalue weighted by atomic mass is 16.5. The summed E-state index contributed by atoms with van der Waals surface area (Å²) >= 11 is 0. The fourth-order valence-corrected chi connectivity index (χ4v) is 2.00. The number of ether oxygens (including phenoxy) is 1. The number of carbonyl (C=O) groups is 2. The van der Waals surface area contributed by atoms with Crippen molar-refractivity contribution in [3.8, 4) is 0 Å². The van der Waals surface area contributed by atoms with Crippen LogP contribution >= 0.6 is 0 Å². The Kier molecular flexibility index (Phi) is 5.12. The van der Waals surface area contributed by atoms with Crippen molar-refractivity contribution in [2.24, 2.45) is 13.0 Å². The first-order valence-corrected chi connectivity index (χ1v) is 6.45. The van der Waals surface area contributed by atoms with E-state index in [0.717, 1.165) is 0 Å². The van der Waals surface area contributed by atoms with Gasteiger partial charge in [0.05, 0.1) is 18.5 Å². The summed E-state index contributed by atoms with van der Waals surface area (Å²) < 4.78 is 6.11. The summed E-state index contributed by atoms with van der Waals surface area (Å²) in [6.07, 6.45) is 0.495. The number of hydrogen-bond donors (Lipinski definition) is 2. The molecule has 0 aliphatic heterocycles. The topological polar surface area (TPSA) is 99.2 Å². The van der Waals surface area contributed by atoms with Crippen molar-refractivity contribution < 1.29 is 14.3 Å². The molecular weight excluding hydrogens is 260 g/mol. The molecule has 0 saturated heterocycles. The molecular formula is C13H22N4O3. The molecule has 0 aliphatic rings. The van der Waals surface area contributed by atoms with Crippen molar-refractivity contribution in [2.75, 3.05) is 12.8 Å². The number of esters is 1. The fourth-order valence-electron chi connectivity index (χ4n) is 2.00. The Labute approximate surface area is 118 Å². The van der Waals surface area contributed by atoms with E-state index in [2.05, 4.69) is 10.4 Å². The zero-order valence-corrected chi connectivity index (χ0v) is 12.6. The highest BCUT2D eigenvalue weighted by Gasteiger charge is 2.26. The number of amides is 1. The first kappa shape index (κ1) is 16.0. The Bertz CT molecular complexity index is 508. The summed E-state index contributed by atoms with van der Waals surface area (Å²) in [4.78, 5) is 24.0. The number of rotatable bonds is 5. The highest BCUT2D eigenvalue weighted by molar-refractivity contribution is 5.99. The van der Waals surface area contributed by atoms with Crippen LogP contribution in [-0.2, 0) is 16.6 Å². The van der Waals surface area contributed by atoms with E-state index in [1.54, 1.807) is 14.0 Å². The molecule has 0 aliphatic carbocycles. The van der Waals surface area contributed by atoms with Gasteiger partial charge in [-0.2, -0.15) is 5.10 Å². The second-order valence-corrected chi connectivity index (χ2v) is 5.15. The lowest BCUT2D eigenvalue weighted by Gasteiger charge is -2.18. The van der Waals surface area contributed by atoms with E-state index in [-0.39, 0.29) is 11.6 Å². The lowest BCUT2D eigenvalue weighted by atomic mass is 10.0. The molecule has 0 saturated carbocycles. The first-order valence-electron chi connectivity index (χ1n) is 6.45. The van der Waals surface area contributed by atoms with Gasteiger partial charge in [-0.15, -0.1) is 0 Å². The van der Waals surface area contributed by atoms with Crippen LogP contribution in [0.4, 0.5) is 5.69 Å². The molecule has 3 N–H and O–H groups in total. The van der Waals surface area contributed by atoms with Gasteiger partial charge in [0.1, 0.15) is 11.7 Å². The van der Waals surface area contributed by atoms with Gasteiger partial charge in [-0.1, -0.05) is 13.8 Å². The smallest absolute Gasteiger partial charge is 0.328 e. The second kappa shape index (κ2) is 6.40. The number of anilines is 1. The maximum atomic E-state index is 12.3. The van der Waals surface area contributed by atoms with Crippen LogP contribution in [0.1, 0.15) is 36.5 Å². The van der Waals surface area contributed by atoms with Gasteiger partial charge in [0.15, 0.2) is 0 Å². The van der Waals surface area contributed by atoms with E-state index in [1.807, 2.05) is 13.8 Å². The van der Waals surface area contributed by atoms with Crippen LogP contribution in [0.15, 0.2) is 0 Å². The largest absolute Gasteiger partial charge is 0.467 e. The molecule has 0 radical (unpaired) electrons. The summed E-state index contributed by atoms with van der Waals surface area (Å²) in [7, 11) is 2.93. The summed E-state index contributed by atoms with van der Waals surface area (Å²) in [5.74, 6) is -0.656. The van der Waals surface area contributed by atoms with Gasteiger partial charge in [0, 0.05) is 7.05 Å². The molecule has 0 aromatic carbocycles. The Morgan fingerprint density at radius 3 is 2.45 bits per heavy atom. The molecule has 1 aromatic heterocycles. The number of hydrogen-bond acceptors (Lipinski definition) is 5. The number of nitrogens with zero attached hydrogens (tertiary/aromatic N) is 2. The summed E-state index contributed by atoms with van der Waals surface area (Å²) in [6.45, 7) is 5.65. The average Bonchev–Trinajstić information content (AvgIpc) is 2.60. The molecule has 1 amide bonds. The zero-order chi connectivity index (χ0) is 15.4. The first-order chi connectivity index (χ1) is 9.27. The number of methoxy groups -OCH3 is 1. The fraction of sp³-hybridized carbons (Fsp3) is 0.615. The van der Waals surface area contributed by atoms with E-state index in [0.29, 0.717) is 17.8 Å². The standard InChI is InChI=1S/C13H22N4O3/c1-7(2)6-9(13(19)20-5)15-12(18)11-10(14)8(3)16-17(11)4/h7,9H,6,14H2,1-5H3,(H,15,18). The zero-order valence-electron chi connectivity index (χ0n) is 12.6. The Morgan fingerprint density at radius 2 is 2.05 bits per heavy atom. The van der Waals surface area contributed by atoms with Gasteiger partial charge in [-0.3, -0.25) is 9.48 Å². The van der Waals surface area contributed by atoms with Crippen LogP contribution in [0.25, 0.3) is 0 Å². The van der Waals surface area contributed by atoms with Crippen molar-refractivity contribution in [3.05, 3.63) is 11.4 Å². The lowest BCUT2D eigenvalue weighted by Crippen LogP contribution is -2.43. The molecule has 1 rings (SSSR count). The Morgan fingerprint density at radius 1 is 1.45 bits per heavy atom. The molecule has 1 heterocycles. The third-order valence-corrected chi connectivity index (χ3v) is 2.98. The number of nitrogens with one attached hydrogen (secondary N) is 1. The summed E-state index contributed by atoms with van der Waals surface area (Å²) in [5, 5.41) is 6.74. The molecule has 0 fully saturated rings. The summed E-state index contributed by atoms with van der Waals surface area (Å²) in [6, 6.07) is -0.692. The van der Waals surface area contributed by atoms with Gasteiger partial charge < -0.3 is 15.8 Å². The number of aryl methyl sites for hydroxylation is 2. The number of nitrogens with two attached hydrogens (primary N) is 1. The number of aromatic nitrogens is 2. The lowest BCUT2D eigenvalue weighted by molar-refractivity contribution is -0.143.